The number of allylic oxidation sites excluding steroid dienone is 1. The van der Waals surface area contributed by atoms with Gasteiger partial charge in [-0.3, -0.25) is 4.79 Å². The summed E-state index contributed by atoms with van der Waals surface area (Å²) < 4.78 is 10.5. The number of nitrogens with zero attached hydrogens (tertiary/aromatic N) is 1. The Bertz CT molecular complexity index is 555. The number of Topliss-reactive ketones (excluding diaryl/α,β-unsaturated/α-hetero) is 1. The van der Waals surface area contributed by atoms with Gasteiger partial charge in [0.15, 0.2) is 17.3 Å². The van der Waals surface area contributed by atoms with Crippen molar-refractivity contribution in [3.8, 4) is 11.5 Å². The fraction of sp³-hybridized carbons (Fsp3) is 0.471. The van der Waals surface area contributed by atoms with Gasteiger partial charge in [-0.05, 0) is 56.3 Å². The van der Waals surface area contributed by atoms with Crippen LogP contribution in [0.5, 0.6) is 11.5 Å². The highest BCUT2D eigenvalue weighted by molar-refractivity contribution is 6.03. The van der Waals surface area contributed by atoms with Crippen molar-refractivity contribution in [2.24, 2.45) is 5.92 Å². The second-order valence-electron chi connectivity index (χ2n) is 5.65. The van der Waals surface area contributed by atoms with Gasteiger partial charge in [-0.2, -0.15) is 0 Å². The largest absolute Gasteiger partial charge is 0.493 e. The highest BCUT2D eigenvalue weighted by Crippen LogP contribution is 2.32. The Morgan fingerprint density at radius 2 is 1.91 bits per heavy atom. The molecule has 1 aliphatic carbocycles. The van der Waals surface area contributed by atoms with Crippen LogP contribution in [0.25, 0.3) is 6.08 Å². The third kappa shape index (κ3) is 4.24. The third-order valence-corrected chi connectivity index (χ3v) is 3.78. The minimum atomic E-state index is 0. The summed E-state index contributed by atoms with van der Waals surface area (Å²) in [5.74, 6) is 1.79. The summed E-state index contributed by atoms with van der Waals surface area (Å²) in [5.41, 5.74) is 1.88. The maximum Gasteiger partial charge on any atom is 0.163 e. The fourth-order valence-corrected chi connectivity index (χ4v) is 2.75. The van der Waals surface area contributed by atoms with Crippen LogP contribution in [-0.4, -0.2) is 45.5 Å². The molecule has 0 N–H and O–H groups in total. The minimum absolute atomic E-state index is 0. The maximum absolute atomic E-state index is 12.4. The molecule has 0 saturated heterocycles. The summed E-state index contributed by atoms with van der Waals surface area (Å²) >= 11 is 0. The molecule has 1 aromatic carbocycles. The third-order valence-electron chi connectivity index (χ3n) is 3.78. The van der Waals surface area contributed by atoms with Crippen molar-refractivity contribution < 1.29 is 14.3 Å². The number of ether oxygens (including phenoxy) is 2. The average molecular weight is 326 g/mol. The molecule has 0 aromatic heterocycles. The molecular formula is C17H24ClNO3. The molecule has 0 bridgehead atoms. The number of hydrogen-bond donors (Lipinski definition) is 0. The molecule has 1 atom stereocenters. The minimum Gasteiger partial charge on any atom is -0.493 e. The highest BCUT2D eigenvalue weighted by Gasteiger charge is 2.29. The SMILES string of the molecule is COc1ccc(/C=C2\CCC(CN(C)C)C2=O)cc1OC.Cl. The van der Waals surface area contributed by atoms with E-state index >= 15 is 0 Å². The van der Waals surface area contributed by atoms with Crippen LogP contribution in [0.15, 0.2) is 23.8 Å². The van der Waals surface area contributed by atoms with Crippen molar-refractivity contribution in [1.29, 1.82) is 0 Å². The van der Waals surface area contributed by atoms with Gasteiger partial charge in [-0.25, -0.2) is 0 Å². The lowest BCUT2D eigenvalue weighted by Gasteiger charge is -2.13. The molecule has 0 spiro atoms. The van der Waals surface area contributed by atoms with E-state index in [2.05, 4.69) is 4.90 Å². The monoisotopic (exact) mass is 325 g/mol. The van der Waals surface area contributed by atoms with Gasteiger partial charge in [0.05, 0.1) is 14.2 Å². The van der Waals surface area contributed by atoms with Gasteiger partial charge >= 0.3 is 0 Å². The van der Waals surface area contributed by atoms with Gasteiger partial charge < -0.3 is 14.4 Å². The average Bonchev–Trinajstić information content (AvgIpc) is 2.79. The van der Waals surface area contributed by atoms with Gasteiger partial charge in [0, 0.05) is 12.5 Å². The molecule has 1 fully saturated rings. The van der Waals surface area contributed by atoms with Crippen molar-refractivity contribution in [1.82, 2.24) is 4.90 Å². The van der Waals surface area contributed by atoms with Gasteiger partial charge in [0.25, 0.3) is 0 Å². The van der Waals surface area contributed by atoms with Crippen LogP contribution >= 0.6 is 12.4 Å². The number of benzene rings is 1. The van der Waals surface area contributed by atoms with Crippen LogP contribution in [0.1, 0.15) is 18.4 Å². The molecule has 2 rings (SSSR count). The molecule has 122 valence electrons. The predicted octanol–water partition coefficient (Wildman–Crippen LogP) is 3.05. The molecule has 4 nitrogen and oxygen atoms in total. The second kappa shape index (κ2) is 8.20. The summed E-state index contributed by atoms with van der Waals surface area (Å²) in [6.45, 7) is 0.822. The van der Waals surface area contributed by atoms with Crippen LogP contribution < -0.4 is 9.47 Å². The topological polar surface area (TPSA) is 38.8 Å². The van der Waals surface area contributed by atoms with Crippen molar-refractivity contribution in [3.05, 3.63) is 29.3 Å². The number of rotatable bonds is 5. The molecule has 1 aliphatic rings. The van der Waals surface area contributed by atoms with Gasteiger partial charge in [-0.15, -0.1) is 12.4 Å². The Morgan fingerprint density at radius 1 is 1.23 bits per heavy atom. The van der Waals surface area contributed by atoms with E-state index in [-0.39, 0.29) is 24.1 Å². The molecular weight excluding hydrogens is 302 g/mol. The lowest BCUT2D eigenvalue weighted by atomic mass is 10.0. The van der Waals surface area contributed by atoms with E-state index in [0.29, 0.717) is 11.5 Å². The molecule has 0 amide bonds. The van der Waals surface area contributed by atoms with Crippen molar-refractivity contribution >= 4 is 24.3 Å². The second-order valence-corrected chi connectivity index (χ2v) is 5.65. The van der Waals surface area contributed by atoms with Crippen LogP contribution in [0, 0.1) is 5.92 Å². The van der Waals surface area contributed by atoms with E-state index in [9.17, 15) is 4.79 Å². The lowest BCUT2D eigenvalue weighted by Crippen LogP contribution is -2.24. The quantitative estimate of drug-likeness (QED) is 0.780. The first-order valence-corrected chi connectivity index (χ1v) is 7.16. The van der Waals surface area contributed by atoms with E-state index in [1.54, 1.807) is 14.2 Å². The van der Waals surface area contributed by atoms with E-state index in [0.717, 1.165) is 30.5 Å². The Morgan fingerprint density at radius 3 is 2.50 bits per heavy atom. The van der Waals surface area contributed by atoms with E-state index in [1.165, 1.54) is 0 Å². The Kier molecular flexibility index (Phi) is 6.91. The van der Waals surface area contributed by atoms with E-state index in [4.69, 9.17) is 9.47 Å². The van der Waals surface area contributed by atoms with Crippen LogP contribution in [-0.2, 0) is 4.79 Å². The molecule has 5 heteroatoms. The summed E-state index contributed by atoms with van der Waals surface area (Å²) in [4.78, 5) is 14.4. The zero-order chi connectivity index (χ0) is 15.4. The van der Waals surface area contributed by atoms with E-state index in [1.807, 2.05) is 38.4 Å². The first-order valence-electron chi connectivity index (χ1n) is 7.16. The number of methoxy groups -OCH3 is 2. The smallest absolute Gasteiger partial charge is 0.163 e. The zero-order valence-corrected chi connectivity index (χ0v) is 14.4. The number of hydrogen-bond acceptors (Lipinski definition) is 4. The van der Waals surface area contributed by atoms with Crippen LogP contribution in [0.2, 0.25) is 0 Å². The number of carbonyl (C=O) groups excluding carboxylic acids is 1. The van der Waals surface area contributed by atoms with Crippen molar-refractivity contribution in [2.75, 3.05) is 34.9 Å². The standard InChI is InChI=1S/C17H23NO3.ClH/c1-18(2)11-14-7-6-13(17(14)19)9-12-5-8-15(20-3)16(10-12)21-4;/h5,8-10,14H,6-7,11H2,1-4H3;1H/b13-9+;. The van der Waals surface area contributed by atoms with Crippen LogP contribution in [0.4, 0.5) is 0 Å². The Balaban J connectivity index is 0.00000242. The summed E-state index contributed by atoms with van der Waals surface area (Å²) in [5, 5.41) is 0. The van der Waals surface area contributed by atoms with Gasteiger partial charge in [0.2, 0.25) is 0 Å². The van der Waals surface area contributed by atoms with Crippen LogP contribution in [0.3, 0.4) is 0 Å². The van der Waals surface area contributed by atoms with Crippen molar-refractivity contribution in [2.45, 2.75) is 12.8 Å². The Labute approximate surface area is 138 Å². The Hall–Kier alpha value is -1.52. The molecule has 22 heavy (non-hydrogen) atoms. The molecule has 0 radical (unpaired) electrons. The normalized spacial score (nSPS) is 19.4. The molecule has 0 aliphatic heterocycles. The number of ketones is 1. The fourth-order valence-electron chi connectivity index (χ4n) is 2.75. The van der Waals surface area contributed by atoms with Crippen molar-refractivity contribution in [3.63, 3.8) is 0 Å². The summed E-state index contributed by atoms with van der Waals surface area (Å²) in [6.07, 6.45) is 3.77. The highest BCUT2D eigenvalue weighted by atomic mass is 35.5. The molecule has 1 unspecified atom stereocenters. The maximum atomic E-state index is 12.4. The zero-order valence-electron chi connectivity index (χ0n) is 13.6. The number of halogens is 1. The van der Waals surface area contributed by atoms with Gasteiger partial charge in [-0.1, -0.05) is 6.07 Å². The van der Waals surface area contributed by atoms with Gasteiger partial charge in [0.1, 0.15) is 0 Å². The first kappa shape index (κ1) is 18.5. The molecule has 1 saturated carbocycles. The van der Waals surface area contributed by atoms with E-state index < -0.39 is 0 Å². The summed E-state index contributed by atoms with van der Waals surface area (Å²) in [6, 6.07) is 5.71. The number of carbonyl (C=O) groups is 1. The molecule has 1 aromatic rings. The first-order chi connectivity index (χ1) is 10.0. The summed E-state index contributed by atoms with van der Waals surface area (Å²) in [7, 11) is 7.23. The molecule has 0 heterocycles. The lowest BCUT2D eigenvalue weighted by molar-refractivity contribution is -0.118. The predicted molar refractivity (Wildman–Crippen MR) is 91.1 cm³/mol.